The number of methoxy groups -OCH3 is 1. The molecule has 0 radical (unpaired) electrons. The van der Waals surface area contributed by atoms with Crippen molar-refractivity contribution in [3.63, 3.8) is 0 Å². The molecule has 8 nitrogen and oxygen atoms in total. The fourth-order valence-corrected chi connectivity index (χ4v) is 1.73. The lowest BCUT2D eigenvalue weighted by atomic mass is 10.3. The molecule has 0 atom stereocenters. The predicted octanol–water partition coefficient (Wildman–Crippen LogP) is 1.51. The fourth-order valence-electron chi connectivity index (χ4n) is 1.73. The standard InChI is InChI=1S/C12H18N6O2/c1-8-11(9(2)16-15-8)14-12(19)13-10-4-5-18(17-10)6-7-20-3/h4-5H,6-7H2,1-3H3,(H,15,16)(H2,13,14,17,19). The Morgan fingerprint density at radius 2 is 2.25 bits per heavy atom. The van der Waals surface area contributed by atoms with E-state index in [9.17, 15) is 4.79 Å². The zero-order chi connectivity index (χ0) is 14.5. The summed E-state index contributed by atoms with van der Waals surface area (Å²) in [6, 6.07) is 1.37. The second-order valence-electron chi connectivity index (χ2n) is 4.34. The summed E-state index contributed by atoms with van der Waals surface area (Å²) in [7, 11) is 1.63. The molecule has 0 aliphatic heterocycles. The number of nitrogens with one attached hydrogen (secondary N) is 3. The highest BCUT2D eigenvalue weighted by Gasteiger charge is 2.11. The molecule has 20 heavy (non-hydrogen) atoms. The summed E-state index contributed by atoms with van der Waals surface area (Å²) >= 11 is 0. The minimum Gasteiger partial charge on any atom is -0.383 e. The molecule has 2 rings (SSSR count). The lowest BCUT2D eigenvalue weighted by Crippen LogP contribution is -2.20. The Kier molecular flexibility index (Phi) is 4.36. The van der Waals surface area contributed by atoms with Gasteiger partial charge < -0.3 is 10.1 Å². The Morgan fingerprint density at radius 1 is 1.45 bits per heavy atom. The number of amides is 2. The fraction of sp³-hybridized carbons (Fsp3) is 0.417. The number of aromatic amines is 1. The Bertz CT molecular complexity index is 569. The number of aryl methyl sites for hydroxylation is 2. The minimum absolute atomic E-state index is 0.352. The first-order valence-corrected chi connectivity index (χ1v) is 6.22. The van der Waals surface area contributed by atoms with E-state index in [4.69, 9.17) is 4.74 Å². The Labute approximate surface area is 116 Å². The molecular formula is C12H18N6O2. The van der Waals surface area contributed by atoms with Crippen LogP contribution in [0.3, 0.4) is 0 Å². The van der Waals surface area contributed by atoms with Crippen LogP contribution >= 0.6 is 0 Å². The van der Waals surface area contributed by atoms with Crippen molar-refractivity contribution in [1.29, 1.82) is 0 Å². The van der Waals surface area contributed by atoms with Gasteiger partial charge in [0.1, 0.15) is 0 Å². The molecule has 0 spiro atoms. The highest BCUT2D eigenvalue weighted by molar-refractivity contribution is 5.99. The summed E-state index contributed by atoms with van der Waals surface area (Å²) in [4.78, 5) is 11.9. The number of ether oxygens (including phenoxy) is 1. The number of carbonyl (C=O) groups excluding carboxylic acids is 1. The number of carbonyl (C=O) groups is 1. The number of aromatic nitrogens is 4. The Balaban J connectivity index is 1.93. The molecule has 0 fully saturated rings. The van der Waals surface area contributed by atoms with Crippen LogP contribution in [-0.4, -0.2) is 39.7 Å². The number of rotatable bonds is 5. The molecule has 0 saturated heterocycles. The van der Waals surface area contributed by atoms with Gasteiger partial charge in [0.15, 0.2) is 5.82 Å². The number of hydrogen-bond donors (Lipinski definition) is 3. The summed E-state index contributed by atoms with van der Waals surface area (Å²) in [5.74, 6) is 0.484. The van der Waals surface area contributed by atoms with Crippen molar-refractivity contribution in [1.82, 2.24) is 20.0 Å². The van der Waals surface area contributed by atoms with Crippen LogP contribution in [0.5, 0.6) is 0 Å². The maximum atomic E-state index is 11.9. The van der Waals surface area contributed by atoms with E-state index in [0.717, 1.165) is 11.4 Å². The summed E-state index contributed by atoms with van der Waals surface area (Å²) in [5, 5.41) is 16.4. The Morgan fingerprint density at radius 3 is 2.90 bits per heavy atom. The molecule has 0 aliphatic carbocycles. The van der Waals surface area contributed by atoms with E-state index in [1.165, 1.54) is 0 Å². The molecule has 0 aliphatic rings. The van der Waals surface area contributed by atoms with Crippen molar-refractivity contribution >= 4 is 17.5 Å². The van der Waals surface area contributed by atoms with Gasteiger partial charge >= 0.3 is 6.03 Å². The summed E-state index contributed by atoms with van der Waals surface area (Å²) in [5.41, 5.74) is 2.23. The molecular weight excluding hydrogens is 260 g/mol. The lowest BCUT2D eigenvalue weighted by molar-refractivity contribution is 0.183. The first-order valence-electron chi connectivity index (χ1n) is 6.22. The van der Waals surface area contributed by atoms with E-state index in [1.54, 1.807) is 24.1 Å². The monoisotopic (exact) mass is 278 g/mol. The molecule has 2 aromatic rings. The first-order chi connectivity index (χ1) is 9.60. The van der Waals surface area contributed by atoms with Gasteiger partial charge in [-0.1, -0.05) is 0 Å². The van der Waals surface area contributed by atoms with Crippen molar-refractivity contribution in [3.8, 4) is 0 Å². The van der Waals surface area contributed by atoms with Crippen molar-refractivity contribution in [2.75, 3.05) is 24.4 Å². The molecule has 2 heterocycles. The molecule has 2 amide bonds. The number of H-pyrrole nitrogens is 1. The van der Waals surface area contributed by atoms with Crippen molar-refractivity contribution < 1.29 is 9.53 Å². The van der Waals surface area contributed by atoms with Crippen molar-refractivity contribution in [2.45, 2.75) is 20.4 Å². The predicted molar refractivity (Wildman–Crippen MR) is 74.8 cm³/mol. The maximum Gasteiger partial charge on any atom is 0.325 e. The van der Waals surface area contributed by atoms with Crippen LogP contribution in [0.15, 0.2) is 12.3 Å². The average molecular weight is 278 g/mol. The molecule has 108 valence electrons. The summed E-state index contributed by atoms with van der Waals surface area (Å²) in [6.07, 6.45) is 1.78. The van der Waals surface area contributed by atoms with Crippen LogP contribution < -0.4 is 10.6 Å². The third kappa shape index (κ3) is 3.35. The number of urea groups is 1. The number of anilines is 2. The average Bonchev–Trinajstić information content (AvgIpc) is 2.98. The molecule has 0 aromatic carbocycles. The van der Waals surface area contributed by atoms with Gasteiger partial charge in [-0.2, -0.15) is 10.2 Å². The summed E-state index contributed by atoms with van der Waals surface area (Å²) in [6.45, 7) is 4.87. The highest BCUT2D eigenvalue weighted by atomic mass is 16.5. The van der Waals surface area contributed by atoms with Gasteiger partial charge in [-0.15, -0.1) is 0 Å². The molecule has 0 unspecified atom stereocenters. The highest BCUT2D eigenvalue weighted by Crippen LogP contribution is 2.16. The largest absolute Gasteiger partial charge is 0.383 e. The van der Waals surface area contributed by atoms with E-state index >= 15 is 0 Å². The maximum absolute atomic E-state index is 11.9. The number of nitrogens with zero attached hydrogens (tertiary/aromatic N) is 3. The van der Waals surface area contributed by atoms with E-state index in [1.807, 2.05) is 13.8 Å². The van der Waals surface area contributed by atoms with Crippen molar-refractivity contribution in [2.24, 2.45) is 0 Å². The normalized spacial score (nSPS) is 10.6. The lowest BCUT2D eigenvalue weighted by Gasteiger charge is -2.05. The molecule has 8 heteroatoms. The zero-order valence-corrected chi connectivity index (χ0v) is 11.7. The van der Waals surface area contributed by atoms with Crippen LogP contribution in [0.2, 0.25) is 0 Å². The van der Waals surface area contributed by atoms with Gasteiger partial charge in [0.05, 0.1) is 30.2 Å². The van der Waals surface area contributed by atoms with Gasteiger partial charge in [0.2, 0.25) is 0 Å². The van der Waals surface area contributed by atoms with Crippen LogP contribution in [-0.2, 0) is 11.3 Å². The van der Waals surface area contributed by atoms with E-state index in [-0.39, 0.29) is 6.03 Å². The van der Waals surface area contributed by atoms with Gasteiger partial charge in [0.25, 0.3) is 0 Å². The van der Waals surface area contributed by atoms with Gasteiger partial charge in [-0.25, -0.2) is 4.79 Å². The number of hydrogen-bond acceptors (Lipinski definition) is 4. The topological polar surface area (TPSA) is 96.9 Å². The van der Waals surface area contributed by atoms with E-state index < -0.39 is 0 Å². The molecule has 2 aromatic heterocycles. The van der Waals surface area contributed by atoms with E-state index in [0.29, 0.717) is 24.7 Å². The third-order valence-corrected chi connectivity index (χ3v) is 2.77. The minimum atomic E-state index is -0.352. The molecule has 0 bridgehead atoms. The second-order valence-corrected chi connectivity index (χ2v) is 4.34. The van der Waals surface area contributed by atoms with Crippen LogP contribution in [0.4, 0.5) is 16.3 Å². The van der Waals surface area contributed by atoms with Crippen molar-refractivity contribution in [3.05, 3.63) is 23.7 Å². The molecule has 0 saturated carbocycles. The third-order valence-electron chi connectivity index (χ3n) is 2.77. The zero-order valence-electron chi connectivity index (χ0n) is 11.7. The molecule has 3 N–H and O–H groups in total. The first kappa shape index (κ1) is 14.1. The van der Waals surface area contributed by atoms with E-state index in [2.05, 4.69) is 25.9 Å². The summed E-state index contributed by atoms with van der Waals surface area (Å²) < 4.78 is 6.66. The SMILES string of the molecule is COCCn1ccc(NC(=O)Nc2c(C)n[nH]c2C)n1. The second kappa shape index (κ2) is 6.20. The van der Waals surface area contributed by atoms with Crippen LogP contribution in [0.1, 0.15) is 11.4 Å². The van der Waals surface area contributed by atoms with Gasteiger partial charge in [0, 0.05) is 19.4 Å². The smallest absolute Gasteiger partial charge is 0.325 e. The van der Waals surface area contributed by atoms with Gasteiger partial charge in [-0.05, 0) is 13.8 Å². The van der Waals surface area contributed by atoms with Crippen LogP contribution in [0, 0.1) is 13.8 Å². The quantitative estimate of drug-likeness (QED) is 0.772. The van der Waals surface area contributed by atoms with Crippen LogP contribution in [0.25, 0.3) is 0 Å². The van der Waals surface area contributed by atoms with Gasteiger partial charge in [-0.3, -0.25) is 15.1 Å². The Hall–Kier alpha value is -2.35.